The molecule has 1 aromatic carbocycles. The Balaban J connectivity index is 1.76. The maximum Gasteiger partial charge on any atom is 0.274 e. The van der Waals surface area contributed by atoms with Crippen molar-refractivity contribution in [3.05, 3.63) is 35.8 Å². The number of ether oxygens (including phenoxy) is 2. The molecule has 7 nitrogen and oxygen atoms in total. The number of aryl methyl sites for hydroxylation is 1. The molecule has 1 amide bonds. The van der Waals surface area contributed by atoms with Crippen LogP contribution in [0.3, 0.4) is 0 Å². The van der Waals surface area contributed by atoms with Crippen LogP contribution in [-0.4, -0.2) is 29.2 Å². The number of fused-ring (bicyclic) bond motifs is 1. The van der Waals surface area contributed by atoms with E-state index in [0.717, 1.165) is 13.0 Å². The van der Waals surface area contributed by atoms with Gasteiger partial charge in [0.1, 0.15) is 17.3 Å². The van der Waals surface area contributed by atoms with Crippen LogP contribution in [0.25, 0.3) is 0 Å². The fraction of sp³-hybridized carbons (Fsp3) is 0.312. The second-order valence-corrected chi connectivity index (χ2v) is 5.13. The third-order valence-corrected chi connectivity index (χ3v) is 3.26. The highest BCUT2D eigenvalue weighted by Gasteiger charge is 2.15. The van der Waals surface area contributed by atoms with Gasteiger partial charge in [0.2, 0.25) is 6.79 Å². The second kappa shape index (κ2) is 6.51. The van der Waals surface area contributed by atoms with E-state index in [1.807, 2.05) is 0 Å². The monoisotopic (exact) mass is 314 g/mol. The first-order chi connectivity index (χ1) is 11.2. The molecule has 0 radical (unpaired) electrons. The van der Waals surface area contributed by atoms with Gasteiger partial charge >= 0.3 is 0 Å². The number of aromatic nitrogens is 2. The predicted molar refractivity (Wildman–Crippen MR) is 86.1 cm³/mol. The van der Waals surface area contributed by atoms with Gasteiger partial charge < -0.3 is 20.1 Å². The van der Waals surface area contributed by atoms with Crippen molar-refractivity contribution in [2.24, 2.45) is 0 Å². The first-order valence-corrected chi connectivity index (χ1v) is 7.46. The fourth-order valence-corrected chi connectivity index (χ4v) is 2.20. The predicted octanol–water partition coefficient (Wildman–Crippen LogP) is 2.59. The van der Waals surface area contributed by atoms with Crippen LogP contribution in [-0.2, 0) is 0 Å². The minimum atomic E-state index is -0.297. The highest BCUT2D eigenvalue weighted by Crippen LogP contribution is 2.34. The number of amides is 1. The molecule has 23 heavy (non-hydrogen) atoms. The summed E-state index contributed by atoms with van der Waals surface area (Å²) >= 11 is 0. The van der Waals surface area contributed by atoms with Crippen molar-refractivity contribution in [2.75, 3.05) is 24.0 Å². The molecular formula is C16H18N4O3. The van der Waals surface area contributed by atoms with E-state index in [-0.39, 0.29) is 12.7 Å². The summed E-state index contributed by atoms with van der Waals surface area (Å²) in [5.41, 5.74) is 0.937. The number of nitrogens with one attached hydrogen (secondary N) is 2. The molecule has 1 aliphatic heterocycles. The van der Waals surface area contributed by atoms with Crippen LogP contribution in [0.1, 0.15) is 29.7 Å². The molecule has 0 aliphatic carbocycles. The van der Waals surface area contributed by atoms with Crippen molar-refractivity contribution in [3.63, 3.8) is 0 Å². The molecule has 0 saturated carbocycles. The quantitative estimate of drug-likeness (QED) is 0.882. The Kier molecular flexibility index (Phi) is 4.27. The van der Waals surface area contributed by atoms with E-state index in [2.05, 4.69) is 27.5 Å². The number of hydrogen-bond acceptors (Lipinski definition) is 6. The summed E-state index contributed by atoms with van der Waals surface area (Å²) in [5, 5.41) is 5.97. The van der Waals surface area contributed by atoms with Crippen LogP contribution in [0.2, 0.25) is 0 Å². The van der Waals surface area contributed by atoms with Crippen molar-refractivity contribution >= 4 is 17.4 Å². The molecule has 7 heteroatoms. The van der Waals surface area contributed by atoms with Gasteiger partial charge in [-0.2, -0.15) is 0 Å². The highest BCUT2D eigenvalue weighted by molar-refractivity contribution is 6.03. The van der Waals surface area contributed by atoms with Gasteiger partial charge in [0.25, 0.3) is 5.91 Å². The van der Waals surface area contributed by atoms with E-state index in [1.54, 1.807) is 31.2 Å². The molecule has 0 unspecified atom stereocenters. The summed E-state index contributed by atoms with van der Waals surface area (Å²) in [6.45, 7) is 4.81. The summed E-state index contributed by atoms with van der Waals surface area (Å²) in [5.74, 6) is 2.19. The van der Waals surface area contributed by atoms with Gasteiger partial charge in [-0.15, -0.1) is 0 Å². The largest absolute Gasteiger partial charge is 0.454 e. The SMILES string of the molecule is CCCNc1cc(C(=O)Nc2ccc3c(c2)OCO3)nc(C)n1. The molecule has 0 atom stereocenters. The standard InChI is InChI=1S/C16H18N4O3/c1-3-6-17-15-8-12(18-10(2)19-15)16(21)20-11-4-5-13-14(7-11)23-9-22-13/h4-5,7-8H,3,6,9H2,1-2H3,(H,20,21)(H,17,18,19). The zero-order valence-corrected chi connectivity index (χ0v) is 13.0. The molecule has 2 N–H and O–H groups in total. The van der Waals surface area contributed by atoms with Gasteiger partial charge in [0.15, 0.2) is 11.5 Å². The van der Waals surface area contributed by atoms with Crippen LogP contribution < -0.4 is 20.1 Å². The first-order valence-electron chi connectivity index (χ1n) is 7.46. The van der Waals surface area contributed by atoms with Gasteiger partial charge in [-0.05, 0) is 25.5 Å². The lowest BCUT2D eigenvalue weighted by Crippen LogP contribution is -2.16. The zero-order chi connectivity index (χ0) is 16.2. The van der Waals surface area contributed by atoms with E-state index >= 15 is 0 Å². The van der Waals surface area contributed by atoms with Gasteiger partial charge in [0.05, 0.1) is 0 Å². The Morgan fingerprint density at radius 3 is 2.87 bits per heavy atom. The third-order valence-electron chi connectivity index (χ3n) is 3.26. The minimum Gasteiger partial charge on any atom is -0.454 e. The molecule has 1 aliphatic rings. The Hall–Kier alpha value is -2.83. The van der Waals surface area contributed by atoms with E-state index in [0.29, 0.717) is 34.5 Å². The maximum absolute atomic E-state index is 12.4. The molecular weight excluding hydrogens is 296 g/mol. The second-order valence-electron chi connectivity index (χ2n) is 5.13. The topological polar surface area (TPSA) is 85.4 Å². The number of hydrogen-bond donors (Lipinski definition) is 2. The first kappa shape index (κ1) is 15.1. The normalized spacial score (nSPS) is 12.1. The van der Waals surface area contributed by atoms with Crippen molar-refractivity contribution in [1.29, 1.82) is 0 Å². The molecule has 2 aromatic rings. The number of nitrogens with zero attached hydrogens (tertiary/aromatic N) is 2. The Bertz CT molecular complexity index is 733. The number of carbonyl (C=O) groups excluding carboxylic acids is 1. The number of carbonyl (C=O) groups is 1. The maximum atomic E-state index is 12.4. The molecule has 0 fully saturated rings. The number of benzene rings is 1. The van der Waals surface area contributed by atoms with E-state index < -0.39 is 0 Å². The third kappa shape index (κ3) is 3.50. The Morgan fingerprint density at radius 2 is 2.04 bits per heavy atom. The van der Waals surface area contributed by atoms with Crippen molar-refractivity contribution in [3.8, 4) is 11.5 Å². The molecule has 0 bridgehead atoms. The van der Waals surface area contributed by atoms with Crippen LogP contribution >= 0.6 is 0 Å². The molecule has 120 valence electrons. The van der Waals surface area contributed by atoms with Crippen molar-refractivity contribution in [1.82, 2.24) is 9.97 Å². The molecule has 3 rings (SSSR count). The number of rotatable bonds is 5. The summed E-state index contributed by atoms with van der Waals surface area (Å²) in [6, 6.07) is 6.89. The molecule has 1 aromatic heterocycles. The summed E-state index contributed by atoms with van der Waals surface area (Å²) in [4.78, 5) is 20.9. The molecule has 2 heterocycles. The zero-order valence-electron chi connectivity index (χ0n) is 13.0. The lowest BCUT2D eigenvalue weighted by molar-refractivity contribution is 0.102. The Morgan fingerprint density at radius 1 is 1.22 bits per heavy atom. The van der Waals surface area contributed by atoms with Crippen LogP contribution in [0.4, 0.5) is 11.5 Å². The molecule has 0 spiro atoms. The van der Waals surface area contributed by atoms with Crippen LogP contribution in [0.15, 0.2) is 24.3 Å². The molecule has 0 saturated heterocycles. The fourth-order valence-electron chi connectivity index (χ4n) is 2.20. The van der Waals surface area contributed by atoms with Crippen molar-refractivity contribution in [2.45, 2.75) is 20.3 Å². The van der Waals surface area contributed by atoms with E-state index in [1.165, 1.54) is 0 Å². The van der Waals surface area contributed by atoms with Gasteiger partial charge in [-0.25, -0.2) is 9.97 Å². The van der Waals surface area contributed by atoms with Gasteiger partial charge in [0, 0.05) is 24.4 Å². The lowest BCUT2D eigenvalue weighted by Gasteiger charge is -2.09. The van der Waals surface area contributed by atoms with Crippen LogP contribution in [0.5, 0.6) is 11.5 Å². The average Bonchev–Trinajstić information content (AvgIpc) is 3.00. The summed E-state index contributed by atoms with van der Waals surface area (Å²) in [7, 11) is 0. The lowest BCUT2D eigenvalue weighted by atomic mass is 10.2. The van der Waals surface area contributed by atoms with Crippen molar-refractivity contribution < 1.29 is 14.3 Å². The van der Waals surface area contributed by atoms with E-state index in [9.17, 15) is 4.79 Å². The smallest absolute Gasteiger partial charge is 0.274 e. The summed E-state index contributed by atoms with van der Waals surface area (Å²) < 4.78 is 10.5. The summed E-state index contributed by atoms with van der Waals surface area (Å²) in [6.07, 6.45) is 0.974. The van der Waals surface area contributed by atoms with Gasteiger partial charge in [-0.1, -0.05) is 6.92 Å². The average molecular weight is 314 g/mol. The van der Waals surface area contributed by atoms with E-state index in [4.69, 9.17) is 9.47 Å². The number of anilines is 2. The Labute approximate surface area is 134 Å². The minimum absolute atomic E-state index is 0.199. The van der Waals surface area contributed by atoms with Crippen LogP contribution in [0, 0.1) is 6.92 Å². The van der Waals surface area contributed by atoms with Gasteiger partial charge in [-0.3, -0.25) is 4.79 Å². The highest BCUT2D eigenvalue weighted by atomic mass is 16.7.